The molecule has 43 heavy (non-hydrogen) atoms. The number of hydrogen-bond donors (Lipinski definition) is 0. The normalized spacial score (nSPS) is 26.2. The molecule has 0 bridgehead atoms. The van der Waals surface area contributed by atoms with Crippen LogP contribution in [0.3, 0.4) is 0 Å². The van der Waals surface area contributed by atoms with Gasteiger partial charge in [0.2, 0.25) is 11.8 Å². The number of carbonyl (C=O) groups is 1. The number of carbonyl (C=O) groups excluding carboxylic acids is 1. The monoisotopic (exact) mass is 580 g/mol. The first-order chi connectivity index (χ1) is 20.7. The highest BCUT2D eigenvalue weighted by Gasteiger charge is 2.71. The van der Waals surface area contributed by atoms with Crippen LogP contribution in [0, 0.1) is 29.1 Å². The summed E-state index contributed by atoms with van der Waals surface area (Å²) in [5.74, 6) is -6.51. The van der Waals surface area contributed by atoms with Crippen molar-refractivity contribution in [1.82, 2.24) is 15.2 Å². The van der Waals surface area contributed by atoms with E-state index in [0.717, 1.165) is 23.1 Å². The van der Waals surface area contributed by atoms with Crippen molar-refractivity contribution in [2.24, 2.45) is 17.8 Å². The number of hydrogen-bond acceptors (Lipinski definition) is 7. The van der Waals surface area contributed by atoms with E-state index in [1.807, 2.05) is 37.3 Å². The number of aromatic nitrogens is 3. The summed E-state index contributed by atoms with van der Waals surface area (Å²) < 4.78 is 43.1. The number of esters is 1. The first-order valence-electron chi connectivity index (χ1n) is 14.3. The number of alkyl halides is 2. The van der Waals surface area contributed by atoms with Crippen molar-refractivity contribution < 1.29 is 22.7 Å². The summed E-state index contributed by atoms with van der Waals surface area (Å²) in [5, 5.41) is 18.0. The summed E-state index contributed by atoms with van der Waals surface area (Å²) in [4.78, 5) is 18.0. The molecule has 2 aliphatic rings. The fourth-order valence-corrected chi connectivity index (χ4v) is 6.67. The number of ether oxygens (including phenoxy) is 1. The topological polar surface area (TPSA) is 102 Å². The maximum absolute atomic E-state index is 15.8. The van der Waals surface area contributed by atoms with Gasteiger partial charge in [-0.25, -0.2) is 8.78 Å². The molecule has 7 nitrogen and oxygen atoms in total. The average molecular weight is 581 g/mol. The quantitative estimate of drug-likeness (QED) is 0.226. The summed E-state index contributed by atoms with van der Waals surface area (Å²) in [7, 11) is 0. The van der Waals surface area contributed by atoms with Crippen LogP contribution in [-0.2, 0) is 21.4 Å². The van der Waals surface area contributed by atoms with Crippen LogP contribution in [0.25, 0.3) is 28.7 Å². The van der Waals surface area contributed by atoms with Crippen molar-refractivity contribution in [2.45, 2.75) is 51.1 Å². The van der Waals surface area contributed by atoms with Crippen LogP contribution < -0.4 is 0 Å². The van der Waals surface area contributed by atoms with Gasteiger partial charge >= 0.3 is 5.97 Å². The molecule has 2 fully saturated rings. The Balaban J connectivity index is 1.35. The fourth-order valence-electron chi connectivity index (χ4n) is 6.67. The Hall–Kier alpha value is -4.71. The lowest BCUT2D eigenvalue weighted by molar-refractivity contribution is -0.159. The van der Waals surface area contributed by atoms with E-state index in [9.17, 15) is 10.1 Å². The van der Waals surface area contributed by atoms with Crippen LogP contribution in [-0.4, -0.2) is 33.2 Å². The zero-order valence-corrected chi connectivity index (χ0v) is 24.0. The van der Waals surface area contributed by atoms with Crippen molar-refractivity contribution in [2.75, 3.05) is 0 Å². The lowest BCUT2D eigenvalue weighted by Crippen LogP contribution is -2.56. The summed E-state index contributed by atoms with van der Waals surface area (Å²) in [6, 6.07) is 20.6. The first-order valence-corrected chi connectivity index (χ1v) is 14.3. The van der Waals surface area contributed by atoms with E-state index in [1.165, 1.54) is 6.92 Å². The van der Waals surface area contributed by atoms with E-state index in [1.54, 1.807) is 55.6 Å². The average Bonchev–Trinajstić information content (AvgIpc) is 3.61. The predicted molar refractivity (Wildman–Crippen MR) is 155 cm³/mol. The van der Waals surface area contributed by atoms with Crippen LogP contribution in [0.2, 0.25) is 0 Å². The minimum atomic E-state index is -3.22. The highest BCUT2D eigenvalue weighted by molar-refractivity contribution is 5.85. The van der Waals surface area contributed by atoms with Gasteiger partial charge in [0.15, 0.2) is 5.41 Å². The lowest BCUT2D eigenvalue weighted by atomic mass is 9.56. The van der Waals surface area contributed by atoms with Crippen LogP contribution in [0.5, 0.6) is 0 Å². The van der Waals surface area contributed by atoms with Crippen molar-refractivity contribution >= 4 is 12.0 Å². The van der Waals surface area contributed by atoms with E-state index in [0.29, 0.717) is 16.8 Å². The molecule has 6 rings (SSSR count). The van der Waals surface area contributed by atoms with Crippen molar-refractivity contribution in [3.63, 3.8) is 0 Å². The molecule has 1 aliphatic heterocycles. The van der Waals surface area contributed by atoms with Gasteiger partial charge in [0, 0.05) is 41.1 Å². The number of nitriles is 1. The number of nitrogens with zero attached hydrogens (tertiary/aromatic N) is 4. The summed E-state index contributed by atoms with van der Waals surface area (Å²) in [5.41, 5.74) is 2.54. The Kier molecular flexibility index (Phi) is 7.17. The molecule has 1 saturated carbocycles. The molecule has 0 radical (unpaired) electrons. The summed E-state index contributed by atoms with van der Waals surface area (Å²) in [6.07, 6.45) is 4.37. The molecule has 0 amide bonds. The Morgan fingerprint density at radius 3 is 2.53 bits per heavy atom. The Morgan fingerprint density at radius 2 is 1.84 bits per heavy atom. The summed E-state index contributed by atoms with van der Waals surface area (Å²) in [6.45, 7) is 5.22. The van der Waals surface area contributed by atoms with E-state index < -0.39 is 47.6 Å². The molecule has 5 atom stereocenters. The smallest absolute Gasteiger partial charge is 0.322 e. The number of rotatable bonds is 6. The predicted octanol–water partition coefficient (Wildman–Crippen LogP) is 7.04. The molecule has 2 aromatic heterocycles. The maximum Gasteiger partial charge on any atom is 0.322 e. The number of pyridine rings is 1. The molecule has 0 N–H and O–H groups in total. The third kappa shape index (κ3) is 4.71. The minimum absolute atomic E-state index is 0.151. The maximum atomic E-state index is 15.8. The van der Waals surface area contributed by atoms with Crippen molar-refractivity contribution in [3.8, 4) is 28.7 Å². The molecular weight excluding hydrogens is 550 g/mol. The molecule has 1 aliphatic carbocycles. The molecule has 3 heterocycles. The third-order valence-corrected chi connectivity index (χ3v) is 8.96. The Labute approximate surface area is 248 Å². The van der Waals surface area contributed by atoms with E-state index in [2.05, 4.69) is 21.3 Å². The van der Waals surface area contributed by atoms with Gasteiger partial charge in [-0.2, -0.15) is 5.26 Å². The molecule has 1 saturated heterocycles. The second kappa shape index (κ2) is 10.8. The van der Waals surface area contributed by atoms with Crippen molar-refractivity contribution in [1.29, 1.82) is 5.26 Å². The lowest BCUT2D eigenvalue weighted by Gasteiger charge is -2.46. The van der Waals surface area contributed by atoms with Gasteiger partial charge in [0.05, 0.1) is 11.3 Å². The SMILES string of the molecule is CCc1cccc(-c2ccc(C=C[C@@H]3[C@@H]4[C@@H](C)OC(=O)[C@]4(c4nnc(-c5ccccc5)o4)CC(F)(F)[C@H]3C)nc2)c1C#N. The molecule has 0 unspecified atom stereocenters. The van der Waals surface area contributed by atoms with E-state index in [-0.39, 0.29) is 11.8 Å². The van der Waals surface area contributed by atoms with Crippen LogP contribution in [0.1, 0.15) is 49.9 Å². The largest absolute Gasteiger partial charge is 0.461 e. The van der Waals surface area contributed by atoms with Gasteiger partial charge < -0.3 is 9.15 Å². The van der Waals surface area contributed by atoms with Gasteiger partial charge in [0.1, 0.15) is 12.2 Å². The number of fused-ring (bicyclic) bond motifs is 1. The highest BCUT2D eigenvalue weighted by Crippen LogP contribution is 2.60. The van der Waals surface area contributed by atoms with Crippen LogP contribution in [0.15, 0.2) is 77.4 Å². The van der Waals surface area contributed by atoms with E-state index in [4.69, 9.17) is 9.15 Å². The molecule has 9 heteroatoms. The molecular formula is C34H30F2N4O3. The van der Waals surface area contributed by atoms with E-state index >= 15 is 8.78 Å². The Morgan fingerprint density at radius 1 is 1.05 bits per heavy atom. The molecule has 4 aromatic rings. The van der Waals surface area contributed by atoms with Gasteiger partial charge in [-0.15, -0.1) is 10.2 Å². The van der Waals surface area contributed by atoms with Gasteiger partial charge in [-0.1, -0.05) is 62.4 Å². The molecule has 0 spiro atoms. The second-order valence-electron chi connectivity index (χ2n) is 11.3. The third-order valence-electron chi connectivity index (χ3n) is 8.96. The highest BCUT2D eigenvalue weighted by atomic mass is 19.3. The zero-order chi connectivity index (χ0) is 30.4. The van der Waals surface area contributed by atoms with Gasteiger partial charge in [-0.3, -0.25) is 9.78 Å². The number of halogens is 2. The van der Waals surface area contributed by atoms with Crippen LogP contribution in [0.4, 0.5) is 8.78 Å². The van der Waals surface area contributed by atoms with Crippen molar-refractivity contribution in [3.05, 3.63) is 95.6 Å². The first kappa shape index (κ1) is 28.4. The minimum Gasteiger partial charge on any atom is -0.461 e. The number of aryl methyl sites for hydroxylation is 1. The second-order valence-corrected chi connectivity index (χ2v) is 11.3. The molecule has 218 valence electrons. The fraction of sp³-hybridized carbons (Fsp3) is 0.324. The van der Waals surface area contributed by atoms with Gasteiger partial charge in [0.25, 0.3) is 5.92 Å². The Bertz CT molecular complexity index is 1730. The number of cyclic esters (lactones) is 1. The standard InChI is InChI=1S/C34H30F2N4O3/c1-4-22-11-8-12-27(28(22)17-37)24-13-14-25(38-18-24)15-16-26-20(2)34(35,36)19-33(29(26)21(3)42-32(33)41)31-40-39-30(43-31)23-9-6-5-7-10-23/h5-16,18,20-21,26,29H,4,19H2,1-3H3/t20-,21+,26-,29-,33+/m0/s1. The molecule has 2 aromatic carbocycles. The zero-order valence-electron chi connectivity index (χ0n) is 24.0. The summed E-state index contributed by atoms with van der Waals surface area (Å²) >= 11 is 0. The van der Waals surface area contributed by atoms with Crippen LogP contribution >= 0.6 is 0 Å². The van der Waals surface area contributed by atoms with Gasteiger partial charge in [-0.05, 0) is 49.1 Å². The number of benzene rings is 2. The number of allylic oxidation sites excluding steroid dienone is 1.